The van der Waals surface area contributed by atoms with Crippen molar-refractivity contribution in [3.8, 4) is 11.1 Å². The lowest BCUT2D eigenvalue weighted by atomic mass is 10.1. The third-order valence-electron chi connectivity index (χ3n) is 5.12. The van der Waals surface area contributed by atoms with Gasteiger partial charge in [-0.15, -0.1) is 0 Å². The molecule has 0 bridgehead atoms. The standard InChI is InChI=1S/C23H21FN2O3S/c24-20-9-3-17(4-10-20)18-7-13-22(14-8-18)30(28,29)25-21-11-5-19(6-12-21)23(27)26-15-1-2-16-26/h3-14,25H,1-2,15-16H2. The van der Waals surface area contributed by atoms with Crippen molar-refractivity contribution in [3.63, 3.8) is 0 Å². The average Bonchev–Trinajstić information content (AvgIpc) is 3.29. The fourth-order valence-electron chi connectivity index (χ4n) is 3.47. The molecule has 3 aromatic rings. The highest BCUT2D eigenvalue weighted by Crippen LogP contribution is 2.23. The lowest BCUT2D eigenvalue weighted by Gasteiger charge is -2.15. The predicted molar refractivity (Wildman–Crippen MR) is 114 cm³/mol. The smallest absolute Gasteiger partial charge is 0.261 e. The first-order chi connectivity index (χ1) is 14.4. The van der Waals surface area contributed by atoms with Crippen molar-refractivity contribution < 1.29 is 17.6 Å². The van der Waals surface area contributed by atoms with Crippen molar-refractivity contribution in [2.24, 2.45) is 0 Å². The number of hydrogen-bond donors (Lipinski definition) is 1. The molecule has 0 atom stereocenters. The van der Waals surface area contributed by atoms with E-state index >= 15 is 0 Å². The number of amides is 1. The molecular weight excluding hydrogens is 403 g/mol. The number of anilines is 1. The Hall–Kier alpha value is -3.19. The van der Waals surface area contributed by atoms with E-state index in [1.807, 2.05) is 4.90 Å². The first kappa shape index (κ1) is 20.1. The van der Waals surface area contributed by atoms with E-state index in [0.717, 1.165) is 37.1 Å². The maximum atomic E-state index is 13.1. The molecule has 0 spiro atoms. The summed E-state index contributed by atoms with van der Waals surface area (Å²) in [7, 11) is -3.77. The number of sulfonamides is 1. The van der Waals surface area contributed by atoms with Crippen LogP contribution in [0.3, 0.4) is 0 Å². The molecule has 1 fully saturated rings. The third-order valence-corrected chi connectivity index (χ3v) is 6.52. The normalized spacial score (nSPS) is 14.0. The summed E-state index contributed by atoms with van der Waals surface area (Å²) in [5.41, 5.74) is 2.52. The second-order valence-electron chi connectivity index (χ2n) is 7.21. The molecule has 0 radical (unpaired) electrons. The van der Waals surface area contributed by atoms with Gasteiger partial charge in [-0.25, -0.2) is 12.8 Å². The fraction of sp³-hybridized carbons (Fsp3) is 0.174. The zero-order valence-electron chi connectivity index (χ0n) is 16.2. The summed E-state index contributed by atoms with van der Waals surface area (Å²) in [4.78, 5) is 14.3. The molecule has 30 heavy (non-hydrogen) atoms. The number of likely N-dealkylation sites (tertiary alicyclic amines) is 1. The molecule has 1 aliphatic rings. The largest absolute Gasteiger partial charge is 0.339 e. The monoisotopic (exact) mass is 424 g/mol. The van der Waals surface area contributed by atoms with Gasteiger partial charge in [0.15, 0.2) is 0 Å². The molecule has 4 rings (SSSR count). The van der Waals surface area contributed by atoms with Gasteiger partial charge in [-0.2, -0.15) is 0 Å². The van der Waals surface area contributed by atoms with Crippen LogP contribution in [-0.4, -0.2) is 32.3 Å². The van der Waals surface area contributed by atoms with Crippen molar-refractivity contribution >= 4 is 21.6 Å². The topological polar surface area (TPSA) is 66.5 Å². The molecule has 1 heterocycles. The molecule has 7 heteroatoms. The molecule has 1 saturated heterocycles. The van der Waals surface area contributed by atoms with Crippen molar-refractivity contribution in [2.75, 3.05) is 17.8 Å². The minimum Gasteiger partial charge on any atom is -0.339 e. The molecule has 0 aromatic heterocycles. The summed E-state index contributed by atoms with van der Waals surface area (Å²) in [6, 6.07) is 18.8. The number of carbonyl (C=O) groups is 1. The van der Waals surface area contributed by atoms with E-state index in [2.05, 4.69) is 4.72 Å². The quantitative estimate of drug-likeness (QED) is 0.654. The van der Waals surface area contributed by atoms with Gasteiger partial charge in [0.05, 0.1) is 4.90 Å². The van der Waals surface area contributed by atoms with Gasteiger partial charge in [-0.1, -0.05) is 24.3 Å². The second-order valence-corrected chi connectivity index (χ2v) is 8.90. The van der Waals surface area contributed by atoms with Gasteiger partial charge in [0.1, 0.15) is 5.82 Å². The van der Waals surface area contributed by atoms with Crippen LogP contribution in [0, 0.1) is 5.82 Å². The Balaban J connectivity index is 1.47. The Morgan fingerprint density at radius 1 is 0.800 bits per heavy atom. The van der Waals surface area contributed by atoms with Gasteiger partial charge in [-0.3, -0.25) is 9.52 Å². The highest BCUT2D eigenvalue weighted by molar-refractivity contribution is 7.92. The van der Waals surface area contributed by atoms with Crippen molar-refractivity contribution in [3.05, 3.63) is 84.2 Å². The van der Waals surface area contributed by atoms with Crippen LogP contribution in [0.4, 0.5) is 10.1 Å². The van der Waals surface area contributed by atoms with Gasteiger partial charge < -0.3 is 4.90 Å². The number of nitrogens with zero attached hydrogens (tertiary/aromatic N) is 1. The minimum atomic E-state index is -3.77. The van der Waals surface area contributed by atoms with Gasteiger partial charge in [-0.05, 0) is 72.5 Å². The van der Waals surface area contributed by atoms with E-state index in [1.165, 1.54) is 24.3 Å². The molecule has 1 amide bonds. The molecule has 154 valence electrons. The zero-order valence-corrected chi connectivity index (χ0v) is 17.0. The molecule has 0 aliphatic carbocycles. The maximum absolute atomic E-state index is 13.1. The Bertz CT molecular complexity index is 1140. The molecule has 0 saturated carbocycles. The van der Waals surface area contributed by atoms with Crippen LogP contribution in [0.25, 0.3) is 11.1 Å². The SMILES string of the molecule is O=C(c1ccc(NS(=O)(=O)c2ccc(-c3ccc(F)cc3)cc2)cc1)N1CCCC1. The van der Waals surface area contributed by atoms with Crippen LogP contribution in [0.1, 0.15) is 23.2 Å². The Kier molecular flexibility index (Phi) is 5.55. The number of carbonyl (C=O) groups excluding carboxylic acids is 1. The van der Waals surface area contributed by atoms with E-state index in [4.69, 9.17) is 0 Å². The second kappa shape index (κ2) is 8.28. The first-order valence-corrected chi connectivity index (χ1v) is 11.2. The molecule has 1 N–H and O–H groups in total. The lowest BCUT2D eigenvalue weighted by molar-refractivity contribution is 0.0793. The highest BCUT2D eigenvalue weighted by Gasteiger charge is 2.20. The first-order valence-electron chi connectivity index (χ1n) is 9.70. The predicted octanol–water partition coefficient (Wildman–Crippen LogP) is 4.53. The summed E-state index contributed by atoms with van der Waals surface area (Å²) in [5.74, 6) is -0.353. The summed E-state index contributed by atoms with van der Waals surface area (Å²) < 4.78 is 41.0. The van der Waals surface area contributed by atoms with Crippen LogP contribution < -0.4 is 4.72 Å². The van der Waals surface area contributed by atoms with Gasteiger partial charge in [0.2, 0.25) is 0 Å². The third kappa shape index (κ3) is 4.36. The van der Waals surface area contributed by atoms with Crippen molar-refractivity contribution in [1.29, 1.82) is 0 Å². The molecule has 5 nitrogen and oxygen atoms in total. The number of benzene rings is 3. The Labute approximate surface area is 175 Å². The van der Waals surface area contributed by atoms with E-state index in [-0.39, 0.29) is 16.6 Å². The molecule has 1 aliphatic heterocycles. The summed E-state index contributed by atoms with van der Waals surface area (Å²) in [6.45, 7) is 1.53. The van der Waals surface area contributed by atoms with Gasteiger partial charge >= 0.3 is 0 Å². The van der Waals surface area contributed by atoms with Crippen molar-refractivity contribution in [1.82, 2.24) is 4.90 Å². The van der Waals surface area contributed by atoms with Gasteiger partial charge in [0.25, 0.3) is 15.9 Å². The van der Waals surface area contributed by atoms with Crippen LogP contribution >= 0.6 is 0 Å². The fourth-order valence-corrected chi connectivity index (χ4v) is 4.53. The van der Waals surface area contributed by atoms with Gasteiger partial charge in [0, 0.05) is 24.3 Å². The number of halogens is 1. The number of rotatable bonds is 5. The molecular formula is C23H21FN2O3S. The van der Waals surface area contributed by atoms with E-state index in [0.29, 0.717) is 11.3 Å². The minimum absolute atomic E-state index is 0.0294. The van der Waals surface area contributed by atoms with Crippen LogP contribution in [0.5, 0.6) is 0 Å². The van der Waals surface area contributed by atoms with Crippen LogP contribution in [-0.2, 0) is 10.0 Å². The van der Waals surface area contributed by atoms with E-state index < -0.39 is 10.0 Å². The zero-order chi connectivity index (χ0) is 21.1. The lowest BCUT2D eigenvalue weighted by Crippen LogP contribution is -2.27. The van der Waals surface area contributed by atoms with Crippen molar-refractivity contribution in [2.45, 2.75) is 17.7 Å². The van der Waals surface area contributed by atoms with E-state index in [1.54, 1.807) is 48.5 Å². The highest BCUT2D eigenvalue weighted by atomic mass is 32.2. The summed E-state index contributed by atoms with van der Waals surface area (Å²) in [5, 5.41) is 0. The average molecular weight is 424 g/mol. The number of hydrogen-bond acceptors (Lipinski definition) is 3. The van der Waals surface area contributed by atoms with E-state index in [9.17, 15) is 17.6 Å². The maximum Gasteiger partial charge on any atom is 0.261 e. The Morgan fingerprint density at radius 2 is 1.33 bits per heavy atom. The summed E-state index contributed by atoms with van der Waals surface area (Å²) >= 11 is 0. The number of nitrogens with one attached hydrogen (secondary N) is 1. The molecule has 0 unspecified atom stereocenters. The van der Waals surface area contributed by atoms with Crippen LogP contribution in [0.2, 0.25) is 0 Å². The summed E-state index contributed by atoms with van der Waals surface area (Å²) in [6.07, 6.45) is 2.03. The van der Waals surface area contributed by atoms with Crippen LogP contribution in [0.15, 0.2) is 77.7 Å². The Morgan fingerprint density at radius 3 is 1.90 bits per heavy atom. The molecule has 3 aromatic carbocycles.